The van der Waals surface area contributed by atoms with Crippen LogP contribution in [0.3, 0.4) is 0 Å². The lowest BCUT2D eigenvalue weighted by molar-refractivity contribution is 0.626. The van der Waals surface area contributed by atoms with Crippen LogP contribution in [0.5, 0.6) is 0 Å². The maximum atomic E-state index is 14.5. The van der Waals surface area contributed by atoms with Crippen molar-refractivity contribution in [2.24, 2.45) is 0 Å². The highest BCUT2D eigenvalue weighted by Gasteiger charge is 2.22. The molecule has 0 spiro atoms. The van der Waals surface area contributed by atoms with E-state index < -0.39 is 0 Å². The van der Waals surface area contributed by atoms with Gasteiger partial charge in [0.2, 0.25) is 0 Å². The third-order valence-electron chi connectivity index (χ3n) is 10.6. The van der Waals surface area contributed by atoms with E-state index in [4.69, 9.17) is 4.42 Å². The number of halogens is 1. The fourth-order valence-electron chi connectivity index (χ4n) is 7.87. The first kappa shape index (κ1) is 32.4. The molecule has 9 aromatic carbocycles. The van der Waals surface area contributed by atoms with Gasteiger partial charge >= 0.3 is 0 Å². The molecule has 260 valence electrons. The van der Waals surface area contributed by atoms with Crippen molar-refractivity contribution in [3.8, 4) is 44.5 Å². The average Bonchev–Trinajstić information content (AvgIpc) is 3.63. The summed E-state index contributed by atoms with van der Waals surface area (Å²) in [6.45, 7) is 0. The van der Waals surface area contributed by atoms with E-state index in [9.17, 15) is 4.39 Å². The van der Waals surface area contributed by atoms with Crippen molar-refractivity contribution in [3.63, 3.8) is 0 Å². The molecular formula is C52H34FNO. The molecule has 0 N–H and O–H groups in total. The van der Waals surface area contributed by atoms with Crippen LogP contribution >= 0.6 is 0 Å². The molecule has 10 aromatic rings. The third kappa shape index (κ3) is 5.93. The third-order valence-corrected chi connectivity index (χ3v) is 10.6. The summed E-state index contributed by atoms with van der Waals surface area (Å²) in [4.78, 5) is 2.34. The van der Waals surface area contributed by atoms with Crippen LogP contribution in [-0.4, -0.2) is 0 Å². The first-order valence-corrected chi connectivity index (χ1v) is 18.5. The van der Waals surface area contributed by atoms with E-state index in [0.29, 0.717) is 5.58 Å². The number of benzene rings is 9. The molecule has 0 aliphatic carbocycles. The molecule has 0 aliphatic rings. The van der Waals surface area contributed by atoms with Crippen LogP contribution in [0.1, 0.15) is 0 Å². The molecule has 0 bridgehead atoms. The predicted octanol–water partition coefficient (Wildman–Crippen LogP) is 15.0. The Hall–Kier alpha value is -7.23. The summed E-state index contributed by atoms with van der Waals surface area (Å²) < 4.78 is 21.1. The molecule has 1 aromatic heterocycles. The summed E-state index contributed by atoms with van der Waals surface area (Å²) in [6, 6.07) is 71.1. The minimum atomic E-state index is -0.287. The summed E-state index contributed by atoms with van der Waals surface area (Å²) >= 11 is 0. The van der Waals surface area contributed by atoms with Gasteiger partial charge in [-0.05, 0) is 92.7 Å². The zero-order chi connectivity index (χ0) is 36.7. The van der Waals surface area contributed by atoms with Crippen LogP contribution in [0.2, 0.25) is 0 Å². The summed E-state index contributed by atoms with van der Waals surface area (Å²) in [7, 11) is 0. The number of hydrogen-bond donors (Lipinski definition) is 0. The van der Waals surface area contributed by atoms with Crippen LogP contribution in [0.4, 0.5) is 21.5 Å². The van der Waals surface area contributed by atoms with Crippen LogP contribution in [0.25, 0.3) is 77.2 Å². The maximum absolute atomic E-state index is 14.5. The Morgan fingerprint density at radius 3 is 1.67 bits per heavy atom. The monoisotopic (exact) mass is 707 g/mol. The SMILES string of the molecule is Fc1ccc2oc3c(-c4ccc(-c5ccccc5)cc4N(c4ccc(-c5ccccc5)cc4)c4ccc(-c5cccc6ccccc56)cc4)cccc3c2c1. The number of anilines is 3. The summed E-state index contributed by atoms with van der Waals surface area (Å²) in [6.07, 6.45) is 0. The molecule has 0 aliphatic heterocycles. The van der Waals surface area contributed by atoms with E-state index in [1.165, 1.54) is 28.0 Å². The van der Waals surface area contributed by atoms with Gasteiger partial charge in [0.1, 0.15) is 17.0 Å². The van der Waals surface area contributed by atoms with Crippen molar-refractivity contribution in [2.45, 2.75) is 0 Å². The van der Waals surface area contributed by atoms with Crippen molar-refractivity contribution in [1.29, 1.82) is 0 Å². The van der Waals surface area contributed by atoms with Gasteiger partial charge in [-0.25, -0.2) is 4.39 Å². The zero-order valence-electron chi connectivity index (χ0n) is 29.9. The lowest BCUT2D eigenvalue weighted by Gasteiger charge is -2.29. The summed E-state index contributed by atoms with van der Waals surface area (Å²) in [5, 5.41) is 4.08. The van der Waals surface area contributed by atoms with Gasteiger partial charge < -0.3 is 9.32 Å². The van der Waals surface area contributed by atoms with Crippen LogP contribution in [0.15, 0.2) is 211 Å². The fraction of sp³-hybridized carbons (Fsp3) is 0. The second-order valence-electron chi connectivity index (χ2n) is 13.8. The number of furan rings is 1. The summed E-state index contributed by atoms with van der Waals surface area (Å²) in [5.74, 6) is -0.287. The second-order valence-corrected chi connectivity index (χ2v) is 13.8. The van der Waals surface area contributed by atoms with Crippen molar-refractivity contribution in [2.75, 3.05) is 4.90 Å². The average molecular weight is 708 g/mol. The molecule has 3 heteroatoms. The molecule has 0 fully saturated rings. The van der Waals surface area contributed by atoms with Gasteiger partial charge in [0, 0.05) is 33.3 Å². The topological polar surface area (TPSA) is 16.4 Å². The van der Waals surface area contributed by atoms with Crippen molar-refractivity contribution < 1.29 is 8.81 Å². The molecule has 10 rings (SSSR count). The van der Waals surface area contributed by atoms with E-state index in [1.54, 1.807) is 12.1 Å². The minimum absolute atomic E-state index is 0.287. The molecule has 0 unspecified atom stereocenters. The lowest BCUT2D eigenvalue weighted by Crippen LogP contribution is -2.11. The number of rotatable bonds is 7. The van der Waals surface area contributed by atoms with Crippen LogP contribution in [-0.2, 0) is 0 Å². The van der Waals surface area contributed by atoms with E-state index >= 15 is 0 Å². The van der Waals surface area contributed by atoms with Gasteiger partial charge in [-0.1, -0.05) is 158 Å². The quantitative estimate of drug-likeness (QED) is 0.164. The van der Waals surface area contributed by atoms with Gasteiger partial charge in [0.05, 0.1) is 5.69 Å². The normalized spacial score (nSPS) is 11.4. The first-order chi connectivity index (χ1) is 27.2. The Kier molecular flexibility index (Phi) is 8.04. The highest BCUT2D eigenvalue weighted by Crippen LogP contribution is 2.46. The van der Waals surface area contributed by atoms with Gasteiger partial charge in [-0.2, -0.15) is 0 Å². The standard InChI is InChI=1S/C52H34FNO/c53-41-26-32-51-49(34-41)48-20-10-19-47(52(48)55-51)46-31-25-40(36-13-5-2-6-14-36)33-50(46)54(42-27-21-37(22-28-42)35-11-3-1-4-12-35)43-29-23-39(24-30-43)45-18-9-16-38-15-7-8-17-44(38)45/h1-34H. The molecule has 0 saturated heterocycles. The van der Waals surface area contributed by atoms with Crippen LogP contribution < -0.4 is 4.90 Å². The highest BCUT2D eigenvalue weighted by molar-refractivity contribution is 6.11. The number of para-hydroxylation sites is 1. The smallest absolute Gasteiger partial charge is 0.143 e. The molecule has 0 amide bonds. The Balaban J connectivity index is 1.20. The van der Waals surface area contributed by atoms with Gasteiger partial charge in [-0.15, -0.1) is 0 Å². The fourth-order valence-corrected chi connectivity index (χ4v) is 7.87. The molecule has 0 saturated carbocycles. The Morgan fingerprint density at radius 1 is 0.364 bits per heavy atom. The molecule has 1 heterocycles. The van der Waals surface area contributed by atoms with Gasteiger partial charge in [0.25, 0.3) is 0 Å². The van der Waals surface area contributed by atoms with Crippen molar-refractivity contribution in [1.82, 2.24) is 0 Å². The predicted molar refractivity (Wildman–Crippen MR) is 228 cm³/mol. The van der Waals surface area contributed by atoms with E-state index in [1.807, 2.05) is 24.3 Å². The highest BCUT2D eigenvalue weighted by atomic mass is 19.1. The maximum Gasteiger partial charge on any atom is 0.143 e. The second kappa shape index (κ2) is 13.6. The van der Waals surface area contributed by atoms with Gasteiger partial charge in [0.15, 0.2) is 0 Å². The minimum Gasteiger partial charge on any atom is -0.455 e. The number of nitrogens with zero attached hydrogens (tertiary/aromatic N) is 1. The molecule has 2 nitrogen and oxygen atoms in total. The van der Waals surface area contributed by atoms with Crippen molar-refractivity contribution >= 4 is 49.8 Å². The molecule has 55 heavy (non-hydrogen) atoms. The largest absolute Gasteiger partial charge is 0.455 e. The van der Waals surface area contributed by atoms with E-state index in [2.05, 4.69) is 169 Å². The Bertz CT molecular complexity index is 2960. The number of fused-ring (bicyclic) bond motifs is 4. The van der Waals surface area contributed by atoms with Crippen LogP contribution in [0, 0.1) is 5.82 Å². The molecule has 0 atom stereocenters. The number of hydrogen-bond acceptors (Lipinski definition) is 2. The van der Waals surface area contributed by atoms with Crippen molar-refractivity contribution in [3.05, 3.63) is 212 Å². The first-order valence-electron chi connectivity index (χ1n) is 18.5. The lowest BCUT2D eigenvalue weighted by atomic mass is 9.95. The molecule has 0 radical (unpaired) electrons. The van der Waals surface area contributed by atoms with E-state index in [-0.39, 0.29) is 5.82 Å². The van der Waals surface area contributed by atoms with E-state index in [0.717, 1.165) is 66.8 Å². The van der Waals surface area contributed by atoms with Gasteiger partial charge in [-0.3, -0.25) is 0 Å². The Morgan fingerprint density at radius 2 is 0.927 bits per heavy atom. The summed E-state index contributed by atoms with van der Waals surface area (Å²) in [5.41, 5.74) is 13.2. The Labute approximate surface area is 319 Å². The molecular weight excluding hydrogens is 674 g/mol. The zero-order valence-corrected chi connectivity index (χ0v) is 29.9.